The quantitative estimate of drug-likeness (QED) is 0.614. The largest absolute Gasteiger partial charge is 0.394 e. The molecule has 0 amide bonds. The van der Waals surface area contributed by atoms with E-state index in [1.807, 2.05) is 13.0 Å². The highest BCUT2D eigenvalue weighted by atomic mass is 16.3. The van der Waals surface area contributed by atoms with Crippen LogP contribution in [0.4, 0.5) is 0 Å². The Bertz CT molecular complexity index is 183. The molecule has 0 saturated carbocycles. The molecule has 1 aromatic rings. The van der Waals surface area contributed by atoms with Crippen molar-refractivity contribution >= 4 is 0 Å². The summed E-state index contributed by atoms with van der Waals surface area (Å²) in [5.41, 5.74) is 1.09. The van der Waals surface area contributed by atoms with E-state index in [4.69, 9.17) is 5.11 Å². The number of nitrogens with zero attached hydrogens (tertiary/aromatic N) is 2. The summed E-state index contributed by atoms with van der Waals surface area (Å²) >= 11 is 0. The molecule has 0 aliphatic carbocycles. The van der Waals surface area contributed by atoms with E-state index in [9.17, 15) is 0 Å². The van der Waals surface area contributed by atoms with Crippen LogP contribution in [-0.2, 0) is 6.54 Å². The first-order valence-electron chi connectivity index (χ1n) is 2.94. The van der Waals surface area contributed by atoms with Gasteiger partial charge in [-0.2, -0.15) is 5.10 Å². The van der Waals surface area contributed by atoms with Gasteiger partial charge in [0, 0.05) is 11.9 Å². The van der Waals surface area contributed by atoms with Gasteiger partial charge in [-0.05, 0) is 13.0 Å². The molecule has 1 N–H and O–H groups in total. The molecule has 0 radical (unpaired) electrons. The SMILES string of the molecule is Cc1ccnn1CCO. The number of aromatic nitrogens is 2. The van der Waals surface area contributed by atoms with Gasteiger partial charge in [0.25, 0.3) is 0 Å². The highest BCUT2D eigenvalue weighted by molar-refractivity contribution is 4.96. The minimum absolute atomic E-state index is 0.155. The monoisotopic (exact) mass is 126 g/mol. The van der Waals surface area contributed by atoms with Crippen molar-refractivity contribution in [3.8, 4) is 0 Å². The van der Waals surface area contributed by atoms with E-state index in [0.717, 1.165) is 5.69 Å². The summed E-state index contributed by atoms with van der Waals surface area (Å²) in [6, 6.07) is 1.91. The zero-order chi connectivity index (χ0) is 6.69. The number of aliphatic hydroxyl groups is 1. The molecule has 0 aliphatic rings. The predicted octanol–water partition coefficient (Wildman–Crippen LogP) is 0.184. The minimum atomic E-state index is 0.155. The zero-order valence-electron chi connectivity index (χ0n) is 5.41. The van der Waals surface area contributed by atoms with E-state index < -0.39 is 0 Å². The third kappa shape index (κ3) is 1.29. The maximum absolute atomic E-state index is 8.50. The molecule has 1 heterocycles. The van der Waals surface area contributed by atoms with E-state index in [1.165, 1.54) is 0 Å². The summed E-state index contributed by atoms with van der Waals surface area (Å²) in [5, 5.41) is 12.5. The normalized spacial score (nSPS) is 10.0. The lowest BCUT2D eigenvalue weighted by Gasteiger charge is -1.98. The molecule has 1 rings (SSSR count). The Balaban J connectivity index is 2.69. The maximum Gasteiger partial charge on any atom is 0.0643 e. The second-order valence-electron chi connectivity index (χ2n) is 1.92. The van der Waals surface area contributed by atoms with Crippen molar-refractivity contribution in [3.63, 3.8) is 0 Å². The van der Waals surface area contributed by atoms with E-state index >= 15 is 0 Å². The number of aliphatic hydroxyl groups excluding tert-OH is 1. The fourth-order valence-electron chi connectivity index (χ4n) is 0.728. The molecule has 3 nitrogen and oxygen atoms in total. The van der Waals surface area contributed by atoms with Crippen LogP contribution in [0.25, 0.3) is 0 Å². The highest BCUT2D eigenvalue weighted by Gasteiger charge is 1.92. The fourth-order valence-corrected chi connectivity index (χ4v) is 0.728. The van der Waals surface area contributed by atoms with Gasteiger partial charge in [-0.25, -0.2) is 0 Å². The number of aryl methyl sites for hydroxylation is 1. The smallest absolute Gasteiger partial charge is 0.0643 e. The summed E-state index contributed by atoms with van der Waals surface area (Å²) in [7, 11) is 0. The van der Waals surface area contributed by atoms with Gasteiger partial charge in [-0.1, -0.05) is 0 Å². The van der Waals surface area contributed by atoms with Crippen molar-refractivity contribution in [3.05, 3.63) is 18.0 Å². The average Bonchev–Trinajstić information content (AvgIpc) is 2.18. The van der Waals surface area contributed by atoms with Gasteiger partial charge < -0.3 is 5.11 Å². The molecule has 0 atom stereocenters. The van der Waals surface area contributed by atoms with Gasteiger partial charge in [-0.3, -0.25) is 4.68 Å². The molecule has 0 unspecified atom stereocenters. The summed E-state index contributed by atoms with van der Waals surface area (Å²) in [5.74, 6) is 0. The van der Waals surface area contributed by atoms with E-state index in [2.05, 4.69) is 5.10 Å². The van der Waals surface area contributed by atoms with E-state index in [1.54, 1.807) is 10.9 Å². The molecule has 0 spiro atoms. The van der Waals surface area contributed by atoms with Crippen LogP contribution in [0, 0.1) is 6.92 Å². The predicted molar refractivity (Wildman–Crippen MR) is 34.0 cm³/mol. The first-order chi connectivity index (χ1) is 4.34. The Morgan fingerprint density at radius 2 is 2.56 bits per heavy atom. The Kier molecular flexibility index (Phi) is 1.85. The van der Waals surface area contributed by atoms with Crippen LogP contribution < -0.4 is 0 Å². The first kappa shape index (κ1) is 6.29. The Morgan fingerprint density at radius 1 is 1.78 bits per heavy atom. The molecule has 50 valence electrons. The standard InChI is InChI=1S/C6H10N2O/c1-6-2-3-7-8(6)4-5-9/h2-3,9H,4-5H2,1H3. The topological polar surface area (TPSA) is 38.0 Å². The molecule has 9 heavy (non-hydrogen) atoms. The van der Waals surface area contributed by atoms with Gasteiger partial charge in [0.2, 0.25) is 0 Å². The lowest BCUT2D eigenvalue weighted by Crippen LogP contribution is -2.04. The first-order valence-corrected chi connectivity index (χ1v) is 2.94. The van der Waals surface area contributed by atoms with Crippen LogP contribution in [0.15, 0.2) is 12.3 Å². The van der Waals surface area contributed by atoms with Crippen molar-refractivity contribution in [1.82, 2.24) is 9.78 Å². The third-order valence-electron chi connectivity index (χ3n) is 1.24. The number of rotatable bonds is 2. The number of hydrogen-bond donors (Lipinski definition) is 1. The summed E-state index contributed by atoms with van der Waals surface area (Å²) < 4.78 is 1.76. The van der Waals surface area contributed by atoms with Crippen molar-refractivity contribution in [2.75, 3.05) is 6.61 Å². The van der Waals surface area contributed by atoms with Gasteiger partial charge in [-0.15, -0.1) is 0 Å². The second-order valence-corrected chi connectivity index (χ2v) is 1.92. The highest BCUT2D eigenvalue weighted by Crippen LogP contribution is 1.93. The minimum Gasteiger partial charge on any atom is -0.394 e. The van der Waals surface area contributed by atoms with E-state index in [-0.39, 0.29) is 6.61 Å². The summed E-state index contributed by atoms with van der Waals surface area (Å²) in [6.45, 7) is 2.71. The van der Waals surface area contributed by atoms with Gasteiger partial charge >= 0.3 is 0 Å². The Labute approximate surface area is 53.9 Å². The molecule has 0 aliphatic heterocycles. The number of hydrogen-bond acceptors (Lipinski definition) is 2. The second kappa shape index (κ2) is 2.64. The molecule has 0 aromatic carbocycles. The molecular weight excluding hydrogens is 116 g/mol. The van der Waals surface area contributed by atoms with Crippen LogP contribution >= 0.6 is 0 Å². The zero-order valence-corrected chi connectivity index (χ0v) is 5.41. The average molecular weight is 126 g/mol. The molecule has 0 bridgehead atoms. The van der Waals surface area contributed by atoms with Gasteiger partial charge in [0.15, 0.2) is 0 Å². The summed E-state index contributed by atoms with van der Waals surface area (Å²) in [4.78, 5) is 0. The van der Waals surface area contributed by atoms with Crippen molar-refractivity contribution < 1.29 is 5.11 Å². The van der Waals surface area contributed by atoms with Crippen LogP contribution in [0.2, 0.25) is 0 Å². The van der Waals surface area contributed by atoms with E-state index in [0.29, 0.717) is 6.54 Å². The Hall–Kier alpha value is -0.830. The third-order valence-corrected chi connectivity index (χ3v) is 1.24. The van der Waals surface area contributed by atoms with Crippen LogP contribution in [0.3, 0.4) is 0 Å². The molecule has 1 aromatic heterocycles. The van der Waals surface area contributed by atoms with Crippen LogP contribution in [0.5, 0.6) is 0 Å². The lowest BCUT2D eigenvalue weighted by atomic mass is 10.5. The van der Waals surface area contributed by atoms with Gasteiger partial charge in [0.1, 0.15) is 0 Å². The molecule has 3 heteroatoms. The lowest BCUT2D eigenvalue weighted by molar-refractivity contribution is 0.268. The molecule has 0 saturated heterocycles. The Morgan fingerprint density at radius 3 is 3.00 bits per heavy atom. The van der Waals surface area contributed by atoms with Crippen LogP contribution in [0.1, 0.15) is 5.69 Å². The maximum atomic E-state index is 8.50. The van der Waals surface area contributed by atoms with Crippen molar-refractivity contribution in [2.45, 2.75) is 13.5 Å². The summed E-state index contributed by atoms with van der Waals surface area (Å²) in [6.07, 6.45) is 1.73. The van der Waals surface area contributed by atoms with Crippen molar-refractivity contribution in [1.29, 1.82) is 0 Å². The fraction of sp³-hybridized carbons (Fsp3) is 0.500. The molecular formula is C6H10N2O. The van der Waals surface area contributed by atoms with Crippen molar-refractivity contribution in [2.24, 2.45) is 0 Å². The molecule has 0 fully saturated rings. The van der Waals surface area contributed by atoms with Crippen LogP contribution in [-0.4, -0.2) is 21.5 Å². The van der Waals surface area contributed by atoms with Gasteiger partial charge in [0.05, 0.1) is 13.2 Å².